The highest BCUT2D eigenvalue weighted by Gasteiger charge is 2.10. The molecule has 0 spiro atoms. The zero-order chi connectivity index (χ0) is 11.5. The van der Waals surface area contributed by atoms with Crippen molar-refractivity contribution >= 4 is 34.2 Å². The predicted molar refractivity (Wildman–Crippen MR) is 66.2 cm³/mol. The molecule has 0 saturated carbocycles. The Kier molecular flexibility index (Phi) is 2.86. The van der Waals surface area contributed by atoms with Gasteiger partial charge in [-0.25, -0.2) is 0 Å². The second-order valence-electron chi connectivity index (χ2n) is 3.08. The number of anilines is 4. The van der Waals surface area contributed by atoms with Gasteiger partial charge in [-0.3, -0.25) is 0 Å². The molecular formula is C9H12N6S. The van der Waals surface area contributed by atoms with Crippen LogP contribution in [0.4, 0.5) is 22.8 Å². The molecule has 6 nitrogen and oxygen atoms in total. The molecule has 0 fully saturated rings. The van der Waals surface area contributed by atoms with Gasteiger partial charge in [0.2, 0.25) is 17.8 Å². The molecule has 0 radical (unpaired) electrons. The van der Waals surface area contributed by atoms with Crippen LogP contribution >= 0.6 is 11.3 Å². The molecule has 3 N–H and O–H groups in total. The van der Waals surface area contributed by atoms with E-state index in [-0.39, 0.29) is 5.95 Å². The zero-order valence-electron chi connectivity index (χ0n) is 9.01. The molecule has 16 heavy (non-hydrogen) atoms. The van der Waals surface area contributed by atoms with Gasteiger partial charge in [-0.1, -0.05) is 0 Å². The number of aromatic nitrogens is 3. The molecule has 2 heterocycles. The summed E-state index contributed by atoms with van der Waals surface area (Å²) in [6, 6.07) is 3.96. The number of thiophene rings is 1. The molecule has 0 aromatic carbocycles. The van der Waals surface area contributed by atoms with Crippen molar-refractivity contribution in [3.63, 3.8) is 0 Å². The molecule has 0 atom stereocenters. The molecule has 0 bridgehead atoms. The van der Waals surface area contributed by atoms with Crippen molar-refractivity contribution in [2.24, 2.45) is 0 Å². The maximum absolute atomic E-state index is 5.60. The molecule has 0 saturated heterocycles. The van der Waals surface area contributed by atoms with Gasteiger partial charge < -0.3 is 16.0 Å². The minimum Gasteiger partial charge on any atom is -0.368 e. The number of nitrogens with two attached hydrogens (primary N) is 1. The number of rotatable bonds is 3. The summed E-state index contributed by atoms with van der Waals surface area (Å²) < 4.78 is 0. The Labute approximate surface area is 97.2 Å². The van der Waals surface area contributed by atoms with Crippen LogP contribution in [-0.4, -0.2) is 29.0 Å². The van der Waals surface area contributed by atoms with Crippen molar-refractivity contribution in [2.75, 3.05) is 30.0 Å². The van der Waals surface area contributed by atoms with Crippen LogP contribution in [0, 0.1) is 0 Å². The average Bonchev–Trinajstić information content (AvgIpc) is 2.80. The summed E-state index contributed by atoms with van der Waals surface area (Å²) in [4.78, 5) is 14.1. The van der Waals surface area contributed by atoms with E-state index in [0.717, 1.165) is 5.00 Å². The number of hydrogen-bond donors (Lipinski definition) is 2. The standard InChI is InChI=1S/C9H12N6S/c1-11-8-12-7(10)13-9(14-8)15(2)6-4-3-5-16-6/h3-5H,1-2H3,(H3,10,11,12,13,14). The Bertz CT molecular complexity index is 469. The van der Waals surface area contributed by atoms with Crippen molar-refractivity contribution in [2.45, 2.75) is 0 Å². The van der Waals surface area contributed by atoms with Crippen molar-refractivity contribution in [1.29, 1.82) is 0 Å². The lowest BCUT2D eigenvalue weighted by Gasteiger charge is -2.15. The van der Waals surface area contributed by atoms with Crippen LogP contribution in [0.1, 0.15) is 0 Å². The Morgan fingerprint density at radius 2 is 2.19 bits per heavy atom. The molecule has 84 valence electrons. The summed E-state index contributed by atoms with van der Waals surface area (Å²) >= 11 is 1.61. The molecule has 0 aliphatic heterocycles. The SMILES string of the molecule is CNc1nc(N)nc(N(C)c2cccs2)n1. The normalized spacial score (nSPS) is 10.1. The minimum absolute atomic E-state index is 0.206. The summed E-state index contributed by atoms with van der Waals surface area (Å²) in [6.07, 6.45) is 0. The first kappa shape index (κ1) is 10.6. The van der Waals surface area contributed by atoms with E-state index in [4.69, 9.17) is 5.73 Å². The monoisotopic (exact) mass is 236 g/mol. The van der Waals surface area contributed by atoms with Gasteiger partial charge in [0, 0.05) is 14.1 Å². The first-order valence-electron chi connectivity index (χ1n) is 4.67. The zero-order valence-corrected chi connectivity index (χ0v) is 9.82. The molecule has 0 aliphatic carbocycles. The fourth-order valence-corrected chi connectivity index (χ4v) is 1.90. The third-order valence-electron chi connectivity index (χ3n) is 2.00. The van der Waals surface area contributed by atoms with Gasteiger partial charge in [0.05, 0.1) is 5.00 Å². The summed E-state index contributed by atoms with van der Waals surface area (Å²) in [5.41, 5.74) is 5.60. The maximum Gasteiger partial charge on any atom is 0.236 e. The van der Waals surface area contributed by atoms with Crippen LogP contribution in [0.5, 0.6) is 0 Å². The van der Waals surface area contributed by atoms with E-state index in [0.29, 0.717) is 11.9 Å². The topological polar surface area (TPSA) is 80.0 Å². The maximum atomic E-state index is 5.60. The molecule has 7 heteroatoms. The highest BCUT2D eigenvalue weighted by Crippen LogP contribution is 2.25. The van der Waals surface area contributed by atoms with Crippen LogP contribution in [0.2, 0.25) is 0 Å². The van der Waals surface area contributed by atoms with Gasteiger partial charge >= 0.3 is 0 Å². The third-order valence-corrected chi connectivity index (χ3v) is 2.95. The van der Waals surface area contributed by atoms with E-state index >= 15 is 0 Å². The number of nitrogens with zero attached hydrogens (tertiary/aromatic N) is 4. The molecule has 2 rings (SSSR count). The van der Waals surface area contributed by atoms with E-state index < -0.39 is 0 Å². The van der Waals surface area contributed by atoms with Gasteiger partial charge in [0.25, 0.3) is 0 Å². The molecule has 0 amide bonds. The lowest BCUT2D eigenvalue weighted by molar-refractivity contribution is 1.00. The van der Waals surface area contributed by atoms with Crippen LogP contribution < -0.4 is 16.0 Å². The summed E-state index contributed by atoms with van der Waals surface area (Å²) in [7, 11) is 3.63. The second kappa shape index (κ2) is 4.31. The van der Waals surface area contributed by atoms with Gasteiger partial charge in [0.1, 0.15) is 0 Å². The van der Waals surface area contributed by atoms with E-state index in [1.807, 2.05) is 29.5 Å². The first-order valence-corrected chi connectivity index (χ1v) is 5.55. The van der Waals surface area contributed by atoms with E-state index in [1.165, 1.54) is 0 Å². The predicted octanol–water partition coefficient (Wildman–Crippen LogP) is 1.32. The van der Waals surface area contributed by atoms with Gasteiger partial charge in [0.15, 0.2) is 0 Å². The van der Waals surface area contributed by atoms with E-state index in [1.54, 1.807) is 18.4 Å². The van der Waals surface area contributed by atoms with Crippen molar-refractivity contribution in [1.82, 2.24) is 15.0 Å². The van der Waals surface area contributed by atoms with Crippen molar-refractivity contribution in [3.05, 3.63) is 17.5 Å². The van der Waals surface area contributed by atoms with Gasteiger partial charge in [-0.2, -0.15) is 15.0 Å². The summed E-state index contributed by atoms with van der Waals surface area (Å²) in [5, 5.41) is 5.89. The largest absolute Gasteiger partial charge is 0.368 e. The molecule has 2 aromatic rings. The van der Waals surface area contributed by atoms with Crippen LogP contribution in [0.15, 0.2) is 17.5 Å². The molecule has 0 unspecified atom stereocenters. The third kappa shape index (κ3) is 2.03. The Morgan fingerprint density at radius 3 is 2.81 bits per heavy atom. The quantitative estimate of drug-likeness (QED) is 0.836. The Morgan fingerprint density at radius 1 is 1.38 bits per heavy atom. The van der Waals surface area contributed by atoms with E-state index in [9.17, 15) is 0 Å². The fourth-order valence-electron chi connectivity index (χ4n) is 1.20. The molecule has 0 aliphatic rings. The number of hydrogen-bond acceptors (Lipinski definition) is 7. The number of nitrogens with one attached hydrogen (secondary N) is 1. The lowest BCUT2D eigenvalue weighted by Crippen LogP contribution is -2.15. The van der Waals surface area contributed by atoms with Gasteiger partial charge in [-0.15, -0.1) is 11.3 Å². The fraction of sp³-hybridized carbons (Fsp3) is 0.222. The average molecular weight is 236 g/mol. The van der Waals surface area contributed by atoms with Crippen molar-refractivity contribution in [3.8, 4) is 0 Å². The Balaban J connectivity index is 2.36. The smallest absolute Gasteiger partial charge is 0.236 e. The van der Waals surface area contributed by atoms with E-state index in [2.05, 4.69) is 20.3 Å². The molecule has 2 aromatic heterocycles. The van der Waals surface area contributed by atoms with Crippen LogP contribution in [-0.2, 0) is 0 Å². The minimum atomic E-state index is 0.206. The summed E-state index contributed by atoms with van der Waals surface area (Å²) in [6.45, 7) is 0. The Hall–Kier alpha value is -1.89. The highest BCUT2D eigenvalue weighted by molar-refractivity contribution is 7.14. The van der Waals surface area contributed by atoms with Crippen LogP contribution in [0.3, 0.4) is 0 Å². The molecular weight excluding hydrogens is 224 g/mol. The van der Waals surface area contributed by atoms with Gasteiger partial charge in [-0.05, 0) is 17.5 Å². The number of nitrogen functional groups attached to an aromatic ring is 1. The van der Waals surface area contributed by atoms with Crippen molar-refractivity contribution < 1.29 is 0 Å². The summed E-state index contributed by atoms with van der Waals surface area (Å²) in [5.74, 6) is 1.20. The highest BCUT2D eigenvalue weighted by atomic mass is 32.1. The second-order valence-corrected chi connectivity index (χ2v) is 4.00. The first-order chi connectivity index (χ1) is 7.70. The van der Waals surface area contributed by atoms with Crippen LogP contribution in [0.25, 0.3) is 0 Å². The lowest BCUT2D eigenvalue weighted by atomic mass is 10.6.